The van der Waals surface area contributed by atoms with Gasteiger partial charge in [-0.15, -0.1) is 0 Å². The fourth-order valence-corrected chi connectivity index (χ4v) is 2.78. The second kappa shape index (κ2) is 7.63. The molecule has 0 aliphatic heterocycles. The average molecular weight is 412 g/mol. The summed E-state index contributed by atoms with van der Waals surface area (Å²) in [5, 5.41) is 1.67. The normalized spacial score (nSPS) is 11.6. The molecule has 1 aromatic heterocycles. The van der Waals surface area contributed by atoms with E-state index in [4.69, 9.17) is 46.4 Å². The van der Waals surface area contributed by atoms with E-state index in [0.717, 1.165) is 5.56 Å². The first kappa shape index (κ1) is 18.0. The smallest absolute Gasteiger partial charge is 0.209 e. The predicted molar refractivity (Wildman–Crippen MR) is 104 cm³/mol. The molecule has 126 valence electrons. The maximum atomic E-state index is 13.0. The zero-order valence-corrected chi connectivity index (χ0v) is 15.6. The quantitative estimate of drug-likeness (QED) is 0.368. The molecule has 3 nitrogen and oxygen atoms in total. The molecular formula is C18H10Cl4N2O. The number of hydrogen-bond acceptors (Lipinski definition) is 2. The number of carbonyl (C=O) groups is 1. The summed E-state index contributed by atoms with van der Waals surface area (Å²) in [6.07, 6.45) is 4.72. The van der Waals surface area contributed by atoms with E-state index >= 15 is 0 Å². The predicted octanol–water partition coefficient (Wildman–Crippen LogP) is 6.38. The molecule has 25 heavy (non-hydrogen) atoms. The Bertz CT molecular complexity index is 961. The van der Waals surface area contributed by atoms with Crippen LogP contribution < -0.4 is 0 Å². The number of allylic oxidation sites excluding steroid dienone is 1. The molecule has 0 atom stereocenters. The topological polar surface area (TPSA) is 34.9 Å². The number of benzene rings is 2. The third-order valence-corrected chi connectivity index (χ3v) is 4.60. The van der Waals surface area contributed by atoms with Crippen LogP contribution in [0.3, 0.4) is 0 Å². The molecule has 0 bridgehead atoms. The number of nitrogens with zero attached hydrogens (tertiary/aromatic N) is 2. The summed E-state index contributed by atoms with van der Waals surface area (Å²) in [4.78, 5) is 16.9. The second-order valence-corrected chi connectivity index (χ2v) is 6.78. The lowest BCUT2D eigenvalue weighted by molar-refractivity contribution is 0.105. The monoisotopic (exact) mass is 410 g/mol. The molecule has 0 unspecified atom stereocenters. The Labute approximate surface area is 164 Å². The van der Waals surface area contributed by atoms with E-state index in [1.807, 2.05) is 0 Å². The van der Waals surface area contributed by atoms with Gasteiger partial charge in [0.25, 0.3) is 0 Å². The van der Waals surface area contributed by atoms with Gasteiger partial charge in [-0.25, -0.2) is 4.98 Å². The average Bonchev–Trinajstić information content (AvgIpc) is 3.02. The molecule has 0 fully saturated rings. The zero-order chi connectivity index (χ0) is 18.0. The molecule has 0 radical (unpaired) electrons. The van der Waals surface area contributed by atoms with E-state index in [1.165, 1.54) is 6.33 Å². The third kappa shape index (κ3) is 4.25. The molecule has 0 saturated carbocycles. The summed E-state index contributed by atoms with van der Waals surface area (Å²) in [6, 6.07) is 11.7. The number of aromatic nitrogens is 2. The van der Waals surface area contributed by atoms with Gasteiger partial charge < -0.3 is 4.57 Å². The first-order valence-corrected chi connectivity index (χ1v) is 8.62. The lowest BCUT2D eigenvalue weighted by Crippen LogP contribution is -2.08. The van der Waals surface area contributed by atoms with Crippen molar-refractivity contribution in [2.24, 2.45) is 0 Å². The zero-order valence-electron chi connectivity index (χ0n) is 12.6. The maximum absolute atomic E-state index is 13.0. The van der Waals surface area contributed by atoms with Crippen molar-refractivity contribution in [1.82, 2.24) is 9.55 Å². The van der Waals surface area contributed by atoms with Crippen molar-refractivity contribution >= 4 is 64.0 Å². The Balaban J connectivity index is 2.09. The number of Topliss-reactive ketones (excluding diaryl/α,β-unsaturated/α-hetero) is 1. The minimum absolute atomic E-state index is 0.211. The Morgan fingerprint density at radius 3 is 2.28 bits per heavy atom. The van der Waals surface area contributed by atoms with E-state index in [9.17, 15) is 4.79 Å². The van der Waals surface area contributed by atoms with Crippen LogP contribution in [0.15, 0.2) is 55.0 Å². The first-order chi connectivity index (χ1) is 11.9. The highest BCUT2D eigenvalue weighted by atomic mass is 35.5. The molecule has 0 N–H and O–H groups in total. The summed E-state index contributed by atoms with van der Waals surface area (Å²) in [7, 11) is 0. The molecule has 1 heterocycles. The van der Waals surface area contributed by atoms with E-state index in [0.29, 0.717) is 26.3 Å². The largest absolute Gasteiger partial charge is 0.301 e. The Kier molecular flexibility index (Phi) is 5.50. The van der Waals surface area contributed by atoms with Gasteiger partial charge in [-0.05, 0) is 48.0 Å². The lowest BCUT2D eigenvalue weighted by atomic mass is 10.1. The molecule has 0 aliphatic carbocycles. The fraction of sp³-hybridized carbons (Fsp3) is 0. The van der Waals surface area contributed by atoms with Gasteiger partial charge in [-0.1, -0.05) is 52.5 Å². The summed E-state index contributed by atoms with van der Waals surface area (Å²) in [5.41, 5.74) is 1.57. The highest BCUT2D eigenvalue weighted by molar-refractivity contribution is 6.42. The lowest BCUT2D eigenvalue weighted by Gasteiger charge is -2.09. The fourth-order valence-electron chi connectivity index (χ4n) is 2.20. The van der Waals surface area contributed by atoms with Crippen molar-refractivity contribution in [1.29, 1.82) is 0 Å². The molecule has 0 amide bonds. The van der Waals surface area contributed by atoms with Crippen LogP contribution in [0.25, 0.3) is 11.8 Å². The SMILES string of the molecule is O=C(/C(=C/c1ccc(Cl)c(Cl)c1)n1cnc(Cl)c1)c1ccc(Cl)cc1. The van der Waals surface area contributed by atoms with E-state index in [-0.39, 0.29) is 10.9 Å². The Morgan fingerprint density at radius 2 is 1.68 bits per heavy atom. The number of hydrogen-bond donors (Lipinski definition) is 0. The summed E-state index contributed by atoms with van der Waals surface area (Å²) >= 11 is 23.8. The summed E-state index contributed by atoms with van der Waals surface area (Å²) in [5.74, 6) is -0.211. The first-order valence-electron chi connectivity index (χ1n) is 7.11. The maximum Gasteiger partial charge on any atom is 0.209 e. The van der Waals surface area contributed by atoms with Crippen LogP contribution in [0, 0.1) is 0 Å². The van der Waals surface area contributed by atoms with Gasteiger partial charge in [-0.2, -0.15) is 0 Å². The summed E-state index contributed by atoms with van der Waals surface area (Å²) < 4.78 is 1.56. The number of imidazole rings is 1. The molecule has 3 rings (SSSR count). The molecule has 3 aromatic rings. The number of ketones is 1. The Hall–Kier alpha value is -1.78. The van der Waals surface area contributed by atoms with Gasteiger partial charge in [0.05, 0.1) is 15.7 Å². The molecule has 0 aliphatic rings. The van der Waals surface area contributed by atoms with Crippen molar-refractivity contribution < 1.29 is 4.79 Å². The highest BCUT2D eigenvalue weighted by Crippen LogP contribution is 2.26. The van der Waals surface area contributed by atoms with Crippen molar-refractivity contribution in [3.8, 4) is 0 Å². The number of halogens is 4. The van der Waals surface area contributed by atoms with Crippen LogP contribution in [0.5, 0.6) is 0 Å². The van der Waals surface area contributed by atoms with Crippen molar-refractivity contribution in [3.63, 3.8) is 0 Å². The van der Waals surface area contributed by atoms with E-state index < -0.39 is 0 Å². The van der Waals surface area contributed by atoms with E-state index in [1.54, 1.807) is 59.3 Å². The third-order valence-electron chi connectivity index (χ3n) is 3.42. The second-order valence-electron chi connectivity index (χ2n) is 5.14. The van der Waals surface area contributed by atoms with Gasteiger partial charge in [0.15, 0.2) is 0 Å². The summed E-state index contributed by atoms with van der Waals surface area (Å²) in [6.45, 7) is 0. The molecule has 7 heteroatoms. The minimum Gasteiger partial charge on any atom is -0.301 e. The van der Waals surface area contributed by atoms with E-state index in [2.05, 4.69) is 4.98 Å². The Morgan fingerprint density at radius 1 is 0.960 bits per heavy atom. The minimum atomic E-state index is -0.211. The van der Waals surface area contributed by atoms with Crippen molar-refractivity contribution in [3.05, 3.63) is 86.3 Å². The van der Waals surface area contributed by atoms with Crippen LogP contribution in [-0.4, -0.2) is 15.3 Å². The van der Waals surface area contributed by atoms with Gasteiger partial charge >= 0.3 is 0 Å². The van der Waals surface area contributed by atoms with Gasteiger partial charge in [-0.3, -0.25) is 4.79 Å². The van der Waals surface area contributed by atoms with Crippen LogP contribution in [0.1, 0.15) is 15.9 Å². The number of rotatable bonds is 4. The van der Waals surface area contributed by atoms with Gasteiger partial charge in [0.1, 0.15) is 11.5 Å². The molecular weight excluding hydrogens is 402 g/mol. The van der Waals surface area contributed by atoms with Crippen LogP contribution in [-0.2, 0) is 0 Å². The number of carbonyl (C=O) groups excluding carboxylic acids is 1. The molecule has 0 saturated heterocycles. The van der Waals surface area contributed by atoms with Crippen molar-refractivity contribution in [2.75, 3.05) is 0 Å². The van der Waals surface area contributed by atoms with Crippen LogP contribution in [0.4, 0.5) is 0 Å². The van der Waals surface area contributed by atoms with Gasteiger partial charge in [0.2, 0.25) is 5.78 Å². The highest BCUT2D eigenvalue weighted by Gasteiger charge is 2.15. The van der Waals surface area contributed by atoms with Gasteiger partial charge in [0, 0.05) is 16.8 Å². The van der Waals surface area contributed by atoms with Crippen molar-refractivity contribution in [2.45, 2.75) is 0 Å². The molecule has 2 aromatic carbocycles. The van der Waals surface area contributed by atoms with Crippen LogP contribution >= 0.6 is 46.4 Å². The molecule has 0 spiro atoms. The van der Waals surface area contributed by atoms with Crippen LogP contribution in [0.2, 0.25) is 20.2 Å². The standard InChI is InChI=1S/C18H10Cl4N2O/c19-13-4-2-12(3-5-13)18(25)16(24-9-17(22)23-10-24)8-11-1-6-14(20)15(21)7-11/h1-10H/b16-8-.